The number of rotatable bonds is 4. The van der Waals surface area contributed by atoms with Crippen LogP contribution in [0, 0.1) is 10.1 Å². The van der Waals surface area contributed by atoms with Gasteiger partial charge in [-0.25, -0.2) is 4.98 Å². The molecular weight excluding hydrogens is 274 g/mol. The molecule has 0 saturated carbocycles. The van der Waals surface area contributed by atoms with Gasteiger partial charge in [0, 0.05) is 19.6 Å². The topological polar surface area (TPSA) is 100 Å². The maximum absolute atomic E-state index is 12.0. The van der Waals surface area contributed by atoms with E-state index in [-0.39, 0.29) is 11.6 Å². The third-order valence-electron chi connectivity index (χ3n) is 3.49. The number of hydrogen-bond acceptors (Lipinski definition) is 6. The molecule has 1 aliphatic heterocycles. The summed E-state index contributed by atoms with van der Waals surface area (Å²) in [5.74, 6) is 0.746. The Morgan fingerprint density at radius 1 is 1.52 bits per heavy atom. The van der Waals surface area contributed by atoms with Gasteiger partial charge in [-0.2, -0.15) is 0 Å². The van der Waals surface area contributed by atoms with E-state index in [4.69, 9.17) is 0 Å². The highest BCUT2D eigenvalue weighted by atomic mass is 16.6. The van der Waals surface area contributed by atoms with Crippen molar-refractivity contribution in [2.45, 2.75) is 26.3 Å². The molecule has 0 spiro atoms. The van der Waals surface area contributed by atoms with Crippen LogP contribution in [-0.4, -0.2) is 41.0 Å². The van der Waals surface area contributed by atoms with Crippen LogP contribution >= 0.6 is 0 Å². The van der Waals surface area contributed by atoms with Crippen LogP contribution in [0.3, 0.4) is 0 Å². The number of carbonyl (C=O) groups is 1. The van der Waals surface area contributed by atoms with Crippen LogP contribution in [0.1, 0.15) is 20.8 Å². The Hall–Kier alpha value is -2.38. The van der Waals surface area contributed by atoms with E-state index in [1.807, 2.05) is 6.92 Å². The van der Waals surface area contributed by atoms with Crippen LogP contribution in [-0.2, 0) is 4.79 Å². The largest absolute Gasteiger partial charge is 0.370 e. The van der Waals surface area contributed by atoms with Gasteiger partial charge in [-0.15, -0.1) is 0 Å². The minimum atomic E-state index is -0.802. The van der Waals surface area contributed by atoms with Gasteiger partial charge in [-0.1, -0.05) is 0 Å². The molecule has 2 heterocycles. The molecule has 0 atom stereocenters. The Morgan fingerprint density at radius 2 is 2.24 bits per heavy atom. The molecule has 1 saturated heterocycles. The highest BCUT2D eigenvalue weighted by Gasteiger charge is 2.39. The molecular formula is C13H19N5O3. The number of nitrogens with zero attached hydrogens (tertiary/aromatic N) is 3. The Labute approximate surface area is 122 Å². The summed E-state index contributed by atoms with van der Waals surface area (Å²) in [6.45, 7) is 7.08. The van der Waals surface area contributed by atoms with E-state index >= 15 is 0 Å². The maximum Gasteiger partial charge on any atom is 0.276 e. The van der Waals surface area contributed by atoms with Crippen molar-refractivity contribution >= 4 is 23.2 Å². The molecule has 0 aliphatic carbocycles. The lowest BCUT2D eigenvalue weighted by molar-refractivity contribution is -0.384. The van der Waals surface area contributed by atoms with Crippen LogP contribution in [0.25, 0.3) is 0 Å². The molecule has 0 unspecified atom stereocenters. The Kier molecular flexibility index (Phi) is 3.97. The third kappa shape index (κ3) is 2.88. The van der Waals surface area contributed by atoms with Crippen LogP contribution in [0.4, 0.5) is 17.3 Å². The van der Waals surface area contributed by atoms with Crippen molar-refractivity contribution in [1.82, 2.24) is 10.3 Å². The zero-order valence-electron chi connectivity index (χ0n) is 12.3. The summed E-state index contributed by atoms with van der Waals surface area (Å²) in [4.78, 5) is 28.8. The molecule has 2 N–H and O–H groups in total. The number of pyridine rings is 1. The SMILES string of the molecule is CCNc1cc([N+](=O)[O-])cc(N2CCNC(=O)C2(C)C)n1. The Bertz CT molecular complexity index is 573. The van der Waals surface area contributed by atoms with Crippen LogP contribution in [0.5, 0.6) is 0 Å². The van der Waals surface area contributed by atoms with E-state index in [0.29, 0.717) is 31.3 Å². The molecule has 0 bridgehead atoms. The van der Waals surface area contributed by atoms with E-state index in [2.05, 4.69) is 15.6 Å². The van der Waals surface area contributed by atoms with Crippen LogP contribution in [0.15, 0.2) is 12.1 Å². The van der Waals surface area contributed by atoms with Crippen molar-refractivity contribution in [3.63, 3.8) is 0 Å². The van der Waals surface area contributed by atoms with Crippen molar-refractivity contribution in [1.29, 1.82) is 0 Å². The normalized spacial score (nSPS) is 17.3. The molecule has 8 heteroatoms. The molecule has 8 nitrogen and oxygen atoms in total. The molecule has 1 aromatic rings. The summed E-state index contributed by atoms with van der Waals surface area (Å²) in [5.41, 5.74) is -0.845. The Morgan fingerprint density at radius 3 is 2.86 bits per heavy atom. The smallest absolute Gasteiger partial charge is 0.276 e. The standard InChI is InChI=1S/C13H19N5O3/c1-4-14-10-7-9(18(20)21)8-11(16-10)17-6-5-15-12(19)13(17,2)3/h7-8H,4-6H2,1-3H3,(H,14,16)(H,15,19). The minimum absolute atomic E-state index is 0.0438. The summed E-state index contributed by atoms with van der Waals surface area (Å²) in [5, 5.41) is 16.8. The van der Waals surface area contributed by atoms with E-state index < -0.39 is 10.5 Å². The average Bonchev–Trinajstić information content (AvgIpc) is 2.41. The number of piperazine rings is 1. The number of nitrogens with one attached hydrogen (secondary N) is 2. The van der Waals surface area contributed by atoms with Gasteiger partial charge in [0.05, 0.1) is 17.1 Å². The van der Waals surface area contributed by atoms with Gasteiger partial charge in [-0.05, 0) is 20.8 Å². The molecule has 1 aliphatic rings. The summed E-state index contributed by atoms with van der Waals surface area (Å²) >= 11 is 0. The third-order valence-corrected chi connectivity index (χ3v) is 3.49. The molecule has 21 heavy (non-hydrogen) atoms. The highest BCUT2D eigenvalue weighted by molar-refractivity contribution is 5.90. The van der Waals surface area contributed by atoms with E-state index in [1.54, 1.807) is 18.7 Å². The number of aromatic nitrogens is 1. The van der Waals surface area contributed by atoms with Gasteiger partial charge in [0.2, 0.25) is 5.91 Å². The van der Waals surface area contributed by atoms with Crippen LogP contribution in [0.2, 0.25) is 0 Å². The van der Waals surface area contributed by atoms with Gasteiger partial charge in [0.1, 0.15) is 17.2 Å². The number of amides is 1. The predicted molar refractivity (Wildman–Crippen MR) is 79.5 cm³/mol. The second-order valence-electron chi connectivity index (χ2n) is 5.32. The zero-order chi connectivity index (χ0) is 15.6. The highest BCUT2D eigenvalue weighted by Crippen LogP contribution is 2.29. The first-order chi connectivity index (χ1) is 9.86. The van der Waals surface area contributed by atoms with Crippen LogP contribution < -0.4 is 15.5 Å². The molecule has 0 radical (unpaired) electrons. The summed E-state index contributed by atoms with van der Waals surface area (Å²) in [7, 11) is 0. The van der Waals surface area contributed by atoms with Crippen molar-refractivity contribution in [3.8, 4) is 0 Å². The van der Waals surface area contributed by atoms with Crippen molar-refractivity contribution in [2.24, 2.45) is 0 Å². The second kappa shape index (κ2) is 5.55. The lowest BCUT2D eigenvalue weighted by Crippen LogP contribution is -2.62. The van der Waals surface area contributed by atoms with Crippen molar-refractivity contribution < 1.29 is 9.72 Å². The summed E-state index contributed by atoms with van der Waals surface area (Å²) < 4.78 is 0. The second-order valence-corrected chi connectivity index (χ2v) is 5.32. The average molecular weight is 293 g/mol. The minimum Gasteiger partial charge on any atom is -0.370 e. The molecule has 1 aromatic heterocycles. The number of nitro groups is 1. The molecule has 0 aromatic carbocycles. The van der Waals surface area contributed by atoms with Crippen molar-refractivity contribution in [3.05, 3.63) is 22.2 Å². The molecule has 2 rings (SSSR count). The van der Waals surface area contributed by atoms with Gasteiger partial charge in [-0.3, -0.25) is 14.9 Å². The number of carbonyl (C=O) groups excluding carboxylic acids is 1. The fraction of sp³-hybridized carbons (Fsp3) is 0.538. The predicted octanol–water partition coefficient (Wildman–Crippen LogP) is 1.14. The van der Waals surface area contributed by atoms with Gasteiger partial charge >= 0.3 is 0 Å². The van der Waals surface area contributed by atoms with Gasteiger partial charge < -0.3 is 15.5 Å². The van der Waals surface area contributed by atoms with E-state index in [1.165, 1.54) is 12.1 Å². The summed E-state index contributed by atoms with van der Waals surface area (Å²) in [6.07, 6.45) is 0. The molecule has 114 valence electrons. The van der Waals surface area contributed by atoms with Gasteiger partial charge in [0.15, 0.2) is 0 Å². The molecule has 1 fully saturated rings. The first kappa shape index (κ1) is 15.0. The lowest BCUT2D eigenvalue weighted by atomic mass is 9.99. The molecule has 1 amide bonds. The number of anilines is 2. The Balaban J connectivity index is 2.46. The monoisotopic (exact) mass is 293 g/mol. The number of hydrogen-bond donors (Lipinski definition) is 2. The van der Waals surface area contributed by atoms with E-state index in [0.717, 1.165) is 0 Å². The summed E-state index contributed by atoms with van der Waals surface area (Å²) in [6, 6.07) is 2.80. The van der Waals surface area contributed by atoms with E-state index in [9.17, 15) is 14.9 Å². The zero-order valence-corrected chi connectivity index (χ0v) is 12.3. The first-order valence-corrected chi connectivity index (χ1v) is 6.82. The van der Waals surface area contributed by atoms with Crippen molar-refractivity contribution in [2.75, 3.05) is 29.9 Å². The maximum atomic E-state index is 12.0. The fourth-order valence-corrected chi connectivity index (χ4v) is 2.32. The fourth-order valence-electron chi connectivity index (χ4n) is 2.32. The lowest BCUT2D eigenvalue weighted by Gasteiger charge is -2.41. The first-order valence-electron chi connectivity index (χ1n) is 6.82. The van der Waals surface area contributed by atoms with Gasteiger partial charge in [0.25, 0.3) is 5.69 Å². The quantitative estimate of drug-likeness (QED) is 0.637.